The second-order valence-electron chi connectivity index (χ2n) is 5.38. The Morgan fingerprint density at radius 3 is 2.83 bits per heavy atom. The Hall–Kier alpha value is -2.78. The highest BCUT2D eigenvalue weighted by Crippen LogP contribution is 2.26. The zero-order valence-corrected chi connectivity index (χ0v) is 14.2. The van der Waals surface area contributed by atoms with Crippen LogP contribution in [-0.2, 0) is 11.8 Å². The number of para-hydroxylation sites is 2. The first-order valence-corrected chi connectivity index (χ1v) is 8.35. The summed E-state index contributed by atoms with van der Waals surface area (Å²) in [6.07, 6.45) is 0. The van der Waals surface area contributed by atoms with E-state index >= 15 is 0 Å². The van der Waals surface area contributed by atoms with Crippen LogP contribution in [0.4, 0.5) is 5.69 Å². The first-order chi connectivity index (χ1) is 11.6. The average molecular weight is 336 g/mol. The summed E-state index contributed by atoms with van der Waals surface area (Å²) in [4.78, 5) is 17.0. The molecule has 24 heavy (non-hydrogen) atoms. The van der Waals surface area contributed by atoms with E-state index in [0.717, 1.165) is 16.2 Å². The number of hydrogen-bond donors (Lipinski definition) is 1. The number of aromatic nitrogens is 2. The first-order valence-electron chi connectivity index (χ1n) is 7.47. The predicted molar refractivity (Wildman–Crippen MR) is 95.8 cm³/mol. The lowest BCUT2D eigenvalue weighted by molar-refractivity contribution is -0.115. The van der Waals surface area contributed by atoms with Crippen molar-refractivity contribution in [1.82, 2.24) is 9.55 Å². The number of thioether (sulfide) groups is 1. The highest BCUT2D eigenvalue weighted by atomic mass is 32.2. The smallest absolute Gasteiger partial charge is 0.237 e. The zero-order valence-electron chi connectivity index (χ0n) is 13.4. The molecule has 1 atom stereocenters. The zero-order chi connectivity index (χ0) is 17.1. The molecule has 1 N–H and O–H groups in total. The van der Waals surface area contributed by atoms with Gasteiger partial charge in [0.15, 0.2) is 5.16 Å². The molecular weight excluding hydrogens is 320 g/mol. The summed E-state index contributed by atoms with van der Waals surface area (Å²) >= 11 is 1.41. The fraction of sp³-hybridized carbons (Fsp3) is 0.167. The molecule has 0 aliphatic carbocycles. The number of fused-ring (bicyclic) bond motifs is 1. The van der Waals surface area contributed by atoms with Crippen LogP contribution < -0.4 is 5.32 Å². The fourth-order valence-corrected chi connectivity index (χ4v) is 3.24. The Morgan fingerprint density at radius 2 is 2.08 bits per heavy atom. The molecule has 6 heteroatoms. The molecule has 0 aliphatic rings. The lowest BCUT2D eigenvalue weighted by atomic mass is 10.2. The van der Waals surface area contributed by atoms with E-state index in [4.69, 9.17) is 5.26 Å². The molecule has 1 amide bonds. The molecule has 1 unspecified atom stereocenters. The summed E-state index contributed by atoms with van der Waals surface area (Å²) in [5.74, 6) is -0.123. The van der Waals surface area contributed by atoms with E-state index in [2.05, 4.69) is 16.4 Å². The first kappa shape index (κ1) is 16.1. The van der Waals surface area contributed by atoms with Crippen LogP contribution in [0.3, 0.4) is 0 Å². The molecular formula is C18H16N4OS. The maximum atomic E-state index is 12.4. The molecule has 0 bridgehead atoms. The Bertz CT molecular complexity index is 942. The number of anilines is 1. The van der Waals surface area contributed by atoms with Gasteiger partial charge >= 0.3 is 0 Å². The number of rotatable bonds is 4. The molecule has 0 fully saturated rings. The standard InChI is InChI=1S/C18H16N4OS/c1-12(17(23)20-14-7-5-6-13(10-14)11-19)24-18-21-15-8-3-4-9-16(15)22(18)2/h3-10,12H,1-2H3,(H,20,23). The second-order valence-corrected chi connectivity index (χ2v) is 6.69. The third kappa shape index (κ3) is 3.26. The van der Waals surface area contributed by atoms with Gasteiger partial charge in [-0.3, -0.25) is 4.79 Å². The molecule has 120 valence electrons. The lowest BCUT2D eigenvalue weighted by Crippen LogP contribution is -2.22. The molecule has 5 nitrogen and oxygen atoms in total. The fourth-order valence-electron chi connectivity index (χ4n) is 2.35. The minimum atomic E-state index is -0.314. The van der Waals surface area contributed by atoms with Gasteiger partial charge < -0.3 is 9.88 Å². The SMILES string of the molecule is CC(Sc1nc2ccccc2n1C)C(=O)Nc1cccc(C#N)c1. The molecule has 3 rings (SSSR count). The van der Waals surface area contributed by atoms with E-state index in [1.54, 1.807) is 24.3 Å². The Morgan fingerprint density at radius 1 is 1.29 bits per heavy atom. The van der Waals surface area contributed by atoms with Gasteiger partial charge in [0.05, 0.1) is 27.9 Å². The van der Waals surface area contributed by atoms with E-state index in [9.17, 15) is 4.79 Å². The number of imidazole rings is 1. The van der Waals surface area contributed by atoms with Gasteiger partial charge in [0.1, 0.15) is 0 Å². The average Bonchev–Trinajstić information content (AvgIpc) is 2.91. The number of carbonyl (C=O) groups excluding carboxylic acids is 1. The van der Waals surface area contributed by atoms with Gasteiger partial charge in [-0.2, -0.15) is 5.26 Å². The molecule has 1 heterocycles. The number of nitriles is 1. The topological polar surface area (TPSA) is 70.7 Å². The summed E-state index contributed by atoms with van der Waals surface area (Å²) in [5.41, 5.74) is 3.09. The van der Waals surface area contributed by atoms with Crippen LogP contribution in [0.25, 0.3) is 11.0 Å². The van der Waals surface area contributed by atoms with E-state index in [1.807, 2.05) is 42.8 Å². The van der Waals surface area contributed by atoms with Crippen molar-refractivity contribution in [2.75, 3.05) is 5.32 Å². The van der Waals surface area contributed by atoms with Crippen molar-refractivity contribution in [1.29, 1.82) is 5.26 Å². The molecule has 0 saturated heterocycles. The van der Waals surface area contributed by atoms with Gasteiger partial charge in [-0.15, -0.1) is 0 Å². The van der Waals surface area contributed by atoms with Gasteiger partial charge in [-0.25, -0.2) is 4.98 Å². The van der Waals surface area contributed by atoms with Crippen LogP contribution in [0.5, 0.6) is 0 Å². The second kappa shape index (κ2) is 6.77. The van der Waals surface area contributed by atoms with Gasteiger partial charge in [-0.05, 0) is 37.3 Å². The third-order valence-electron chi connectivity index (χ3n) is 3.66. The van der Waals surface area contributed by atoms with Crippen molar-refractivity contribution in [3.63, 3.8) is 0 Å². The van der Waals surface area contributed by atoms with Crippen LogP contribution in [0, 0.1) is 11.3 Å². The molecule has 3 aromatic rings. The monoisotopic (exact) mass is 336 g/mol. The minimum Gasteiger partial charge on any atom is -0.325 e. The minimum absolute atomic E-state index is 0.123. The van der Waals surface area contributed by atoms with Crippen LogP contribution in [-0.4, -0.2) is 20.7 Å². The van der Waals surface area contributed by atoms with Crippen LogP contribution >= 0.6 is 11.8 Å². The van der Waals surface area contributed by atoms with E-state index in [0.29, 0.717) is 11.3 Å². The number of hydrogen-bond acceptors (Lipinski definition) is 4. The van der Waals surface area contributed by atoms with Crippen LogP contribution in [0.1, 0.15) is 12.5 Å². The van der Waals surface area contributed by atoms with Gasteiger partial charge in [-0.1, -0.05) is 30.0 Å². The summed E-state index contributed by atoms with van der Waals surface area (Å²) in [7, 11) is 1.94. The van der Waals surface area contributed by atoms with Crippen molar-refractivity contribution in [2.24, 2.45) is 7.05 Å². The largest absolute Gasteiger partial charge is 0.325 e. The summed E-state index contributed by atoms with van der Waals surface area (Å²) < 4.78 is 1.99. The third-order valence-corrected chi connectivity index (χ3v) is 4.80. The highest BCUT2D eigenvalue weighted by molar-refractivity contribution is 8.00. The molecule has 1 aromatic heterocycles. The molecule has 2 aromatic carbocycles. The van der Waals surface area contributed by atoms with Gasteiger partial charge in [0.25, 0.3) is 0 Å². The maximum Gasteiger partial charge on any atom is 0.237 e. The van der Waals surface area contributed by atoms with E-state index in [-0.39, 0.29) is 11.2 Å². The van der Waals surface area contributed by atoms with E-state index < -0.39 is 0 Å². The number of nitrogens with one attached hydrogen (secondary N) is 1. The lowest BCUT2D eigenvalue weighted by Gasteiger charge is -2.12. The number of carbonyl (C=O) groups is 1. The maximum absolute atomic E-state index is 12.4. The highest BCUT2D eigenvalue weighted by Gasteiger charge is 2.18. The molecule has 0 radical (unpaired) electrons. The van der Waals surface area contributed by atoms with Crippen molar-refractivity contribution in [2.45, 2.75) is 17.3 Å². The summed E-state index contributed by atoms with van der Waals surface area (Å²) in [6, 6.07) is 16.8. The van der Waals surface area contributed by atoms with Crippen molar-refractivity contribution < 1.29 is 4.79 Å². The normalized spacial score (nSPS) is 11.9. The summed E-state index contributed by atoms with van der Waals surface area (Å²) in [5, 5.41) is 12.2. The van der Waals surface area contributed by atoms with Gasteiger partial charge in [0, 0.05) is 12.7 Å². The van der Waals surface area contributed by atoms with Crippen LogP contribution in [0.2, 0.25) is 0 Å². The van der Waals surface area contributed by atoms with Crippen molar-refractivity contribution >= 4 is 34.4 Å². The van der Waals surface area contributed by atoms with Crippen molar-refractivity contribution in [3.05, 3.63) is 54.1 Å². The van der Waals surface area contributed by atoms with Crippen molar-refractivity contribution in [3.8, 4) is 6.07 Å². The number of aryl methyl sites for hydroxylation is 1. The Labute approximate surface area is 144 Å². The summed E-state index contributed by atoms with van der Waals surface area (Å²) in [6.45, 7) is 1.84. The quantitative estimate of drug-likeness (QED) is 0.740. The molecule has 0 spiro atoms. The predicted octanol–water partition coefficient (Wildman–Crippen LogP) is 3.56. The Kier molecular flexibility index (Phi) is 4.54. The number of amides is 1. The Balaban J connectivity index is 1.73. The molecule has 0 saturated carbocycles. The number of benzene rings is 2. The molecule has 0 aliphatic heterocycles. The van der Waals surface area contributed by atoms with E-state index in [1.165, 1.54) is 11.8 Å². The van der Waals surface area contributed by atoms with Crippen LogP contribution in [0.15, 0.2) is 53.7 Å². The number of nitrogens with zero attached hydrogens (tertiary/aromatic N) is 3. The van der Waals surface area contributed by atoms with Gasteiger partial charge in [0.2, 0.25) is 5.91 Å².